The van der Waals surface area contributed by atoms with Gasteiger partial charge in [-0.05, 0) is 19.1 Å². The maximum absolute atomic E-state index is 12.3. The number of nitrogens with zero attached hydrogens (tertiary/aromatic N) is 2. The summed E-state index contributed by atoms with van der Waals surface area (Å²) in [5.74, 6) is 1.72. The lowest BCUT2D eigenvalue weighted by Gasteiger charge is -2.38. The van der Waals surface area contributed by atoms with E-state index in [9.17, 15) is 4.79 Å². The van der Waals surface area contributed by atoms with Crippen LogP contribution >= 0.6 is 34.7 Å². The first-order valence-corrected chi connectivity index (χ1v) is 8.39. The van der Waals surface area contributed by atoms with E-state index in [2.05, 4.69) is 15.3 Å². The Labute approximate surface area is 130 Å². The normalized spacial score (nSPS) is 16.5. The summed E-state index contributed by atoms with van der Waals surface area (Å²) in [6, 6.07) is 3.73. The van der Waals surface area contributed by atoms with Crippen molar-refractivity contribution in [2.75, 3.05) is 11.5 Å². The number of aromatic nitrogens is 2. The number of pyridine rings is 1. The van der Waals surface area contributed by atoms with Crippen LogP contribution in [0.1, 0.15) is 16.6 Å². The van der Waals surface area contributed by atoms with Gasteiger partial charge in [0.1, 0.15) is 9.88 Å². The molecule has 0 aliphatic carbocycles. The average molecular weight is 326 g/mol. The largest absolute Gasteiger partial charge is 0.344 e. The molecule has 0 saturated carbocycles. The molecule has 0 aromatic carbocycles. The van der Waals surface area contributed by atoms with Gasteiger partial charge in [0.05, 0.1) is 5.54 Å². The van der Waals surface area contributed by atoms with Gasteiger partial charge in [0.15, 0.2) is 5.15 Å². The fourth-order valence-electron chi connectivity index (χ4n) is 1.87. The van der Waals surface area contributed by atoms with Crippen molar-refractivity contribution < 1.29 is 4.79 Å². The Balaban J connectivity index is 1.84. The van der Waals surface area contributed by atoms with Gasteiger partial charge in [0.25, 0.3) is 5.91 Å². The van der Waals surface area contributed by atoms with Gasteiger partial charge in [-0.15, -0.1) is 11.3 Å². The van der Waals surface area contributed by atoms with Crippen LogP contribution in [-0.2, 0) is 0 Å². The third-order valence-corrected chi connectivity index (χ3v) is 6.13. The Hall–Kier alpha value is -1.11. The molecular formula is C13H12ClN3OS2. The molecule has 4 nitrogen and oxygen atoms in total. The summed E-state index contributed by atoms with van der Waals surface area (Å²) in [5.41, 5.74) is 0.743. The molecule has 1 N–H and O–H groups in total. The standard InChI is InChI=1S/C13H12ClN3OS2/c1-13(6-19-7-13)17-11(18)9-10(14)16-12(20-9)8-3-2-4-15-5-8/h2-5H,6-7H2,1H3,(H,17,18). The molecule has 0 radical (unpaired) electrons. The van der Waals surface area contributed by atoms with Gasteiger partial charge >= 0.3 is 0 Å². The van der Waals surface area contributed by atoms with Crippen molar-refractivity contribution in [3.05, 3.63) is 34.6 Å². The average Bonchev–Trinajstić information content (AvgIpc) is 2.80. The monoisotopic (exact) mass is 325 g/mol. The lowest BCUT2D eigenvalue weighted by Crippen LogP contribution is -2.55. The van der Waals surface area contributed by atoms with E-state index < -0.39 is 0 Å². The number of thiazole rings is 1. The van der Waals surface area contributed by atoms with E-state index in [1.165, 1.54) is 11.3 Å². The molecule has 3 heterocycles. The first kappa shape index (κ1) is 13.9. The fraction of sp³-hybridized carbons (Fsp3) is 0.308. The minimum atomic E-state index is -0.148. The van der Waals surface area contributed by atoms with Gasteiger partial charge in [0, 0.05) is 29.5 Å². The van der Waals surface area contributed by atoms with Crippen LogP contribution in [0.5, 0.6) is 0 Å². The molecule has 1 fully saturated rings. The number of halogens is 1. The van der Waals surface area contributed by atoms with Gasteiger partial charge in [-0.2, -0.15) is 11.8 Å². The molecule has 3 rings (SSSR count). The molecule has 1 aliphatic rings. The van der Waals surface area contributed by atoms with Crippen molar-refractivity contribution in [3.63, 3.8) is 0 Å². The molecule has 0 atom stereocenters. The zero-order chi connectivity index (χ0) is 14.2. The number of carbonyl (C=O) groups excluding carboxylic acids is 1. The van der Waals surface area contributed by atoms with Gasteiger partial charge in [-0.1, -0.05) is 11.6 Å². The first-order chi connectivity index (χ1) is 9.57. The Morgan fingerprint density at radius 1 is 1.50 bits per heavy atom. The highest BCUT2D eigenvalue weighted by atomic mass is 35.5. The van der Waals surface area contributed by atoms with E-state index in [-0.39, 0.29) is 16.6 Å². The van der Waals surface area contributed by atoms with Crippen LogP contribution in [0.15, 0.2) is 24.5 Å². The lowest BCUT2D eigenvalue weighted by molar-refractivity contribution is 0.0923. The van der Waals surface area contributed by atoms with Gasteiger partial charge in [-0.25, -0.2) is 4.98 Å². The Bertz CT molecular complexity index is 640. The fourth-order valence-corrected chi connectivity index (χ4v) is 4.01. The van der Waals surface area contributed by atoms with Crippen LogP contribution in [0.3, 0.4) is 0 Å². The molecule has 2 aromatic heterocycles. The molecule has 0 unspecified atom stereocenters. The van der Waals surface area contributed by atoms with Crippen molar-refractivity contribution in [1.29, 1.82) is 0 Å². The summed E-state index contributed by atoms with van der Waals surface area (Å²) in [5, 5.41) is 3.99. The van der Waals surface area contributed by atoms with E-state index >= 15 is 0 Å². The third kappa shape index (κ3) is 2.68. The van der Waals surface area contributed by atoms with Gasteiger partial charge in [0.2, 0.25) is 0 Å². The predicted octanol–water partition coefficient (Wildman–Crippen LogP) is 3.09. The molecule has 1 saturated heterocycles. The van der Waals surface area contributed by atoms with Gasteiger partial charge in [-0.3, -0.25) is 9.78 Å². The molecule has 7 heteroatoms. The minimum absolute atomic E-state index is 0.121. The smallest absolute Gasteiger partial charge is 0.265 e. The van der Waals surface area contributed by atoms with Crippen molar-refractivity contribution in [1.82, 2.24) is 15.3 Å². The summed E-state index contributed by atoms with van der Waals surface area (Å²) in [6.45, 7) is 2.04. The second-order valence-corrected chi connectivity index (χ2v) is 7.23. The van der Waals surface area contributed by atoms with Gasteiger partial charge < -0.3 is 5.32 Å². The quantitative estimate of drug-likeness (QED) is 0.942. The van der Waals surface area contributed by atoms with Crippen LogP contribution in [0, 0.1) is 0 Å². The molecule has 1 amide bonds. The zero-order valence-electron chi connectivity index (χ0n) is 10.7. The highest BCUT2D eigenvalue weighted by Crippen LogP contribution is 2.33. The second-order valence-electron chi connectivity index (χ2n) is 4.89. The van der Waals surface area contributed by atoms with Crippen molar-refractivity contribution in [2.24, 2.45) is 0 Å². The van der Waals surface area contributed by atoms with Crippen molar-refractivity contribution in [2.45, 2.75) is 12.5 Å². The summed E-state index contributed by atoms with van der Waals surface area (Å²) in [4.78, 5) is 21.0. The Morgan fingerprint density at radius 3 is 2.90 bits per heavy atom. The summed E-state index contributed by atoms with van der Waals surface area (Å²) < 4.78 is 0. The molecule has 0 bridgehead atoms. The number of hydrogen-bond acceptors (Lipinski definition) is 5. The molecule has 1 aliphatic heterocycles. The Kier molecular flexibility index (Phi) is 3.70. The van der Waals surface area contributed by atoms with Crippen molar-refractivity contribution >= 4 is 40.6 Å². The van der Waals surface area contributed by atoms with E-state index in [4.69, 9.17) is 11.6 Å². The first-order valence-electron chi connectivity index (χ1n) is 6.04. The topological polar surface area (TPSA) is 54.9 Å². The highest BCUT2D eigenvalue weighted by molar-refractivity contribution is 8.00. The number of carbonyl (C=O) groups is 1. The van der Waals surface area contributed by atoms with E-state index in [0.717, 1.165) is 17.1 Å². The lowest BCUT2D eigenvalue weighted by atomic mass is 10.1. The zero-order valence-corrected chi connectivity index (χ0v) is 13.1. The van der Waals surface area contributed by atoms with Crippen LogP contribution < -0.4 is 5.32 Å². The molecule has 0 spiro atoms. The predicted molar refractivity (Wildman–Crippen MR) is 83.6 cm³/mol. The van der Waals surface area contributed by atoms with E-state index in [1.54, 1.807) is 12.4 Å². The summed E-state index contributed by atoms with van der Waals surface area (Å²) >= 11 is 9.21. The maximum atomic E-state index is 12.3. The van der Waals surface area contributed by atoms with Crippen LogP contribution in [0.2, 0.25) is 5.15 Å². The SMILES string of the molecule is CC1(NC(=O)c2sc(-c3cccnc3)nc2Cl)CSC1. The Morgan fingerprint density at radius 2 is 2.30 bits per heavy atom. The minimum Gasteiger partial charge on any atom is -0.344 e. The number of rotatable bonds is 3. The highest BCUT2D eigenvalue weighted by Gasteiger charge is 2.35. The van der Waals surface area contributed by atoms with Crippen LogP contribution in [0.25, 0.3) is 10.6 Å². The van der Waals surface area contributed by atoms with Crippen molar-refractivity contribution in [3.8, 4) is 10.6 Å². The molecule has 104 valence electrons. The number of hydrogen-bond donors (Lipinski definition) is 1. The number of thioether (sulfide) groups is 1. The van der Waals surface area contributed by atoms with Crippen LogP contribution in [0.4, 0.5) is 0 Å². The van der Waals surface area contributed by atoms with Crippen LogP contribution in [-0.4, -0.2) is 32.9 Å². The summed E-state index contributed by atoms with van der Waals surface area (Å²) in [7, 11) is 0. The number of amides is 1. The maximum Gasteiger partial charge on any atom is 0.265 e. The third-order valence-electron chi connectivity index (χ3n) is 2.96. The number of nitrogens with one attached hydrogen (secondary N) is 1. The second kappa shape index (κ2) is 5.35. The van der Waals surface area contributed by atoms with E-state index in [0.29, 0.717) is 9.88 Å². The summed E-state index contributed by atoms with van der Waals surface area (Å²) in [6.07, 6.45) is 3.40. The van der Waals surface area contributed by atoms with E-state index in [1.807, 2.05) is 30.8 Å². The molecule has 2 aromatic rings. The molecule has 20 heavy (non-hydrogen) atoms. The molecular weight excluding hydrogens is 314 g/mol.